The van der Waals surface area contributed by atoms with Gasteiger partial charge in [-0.15, -0.1) is 0 Å². The van der Waals surface area contributed by atoms with Gasteiger partial charge in [-0.2, -0.15) is 5.26 Å². The van der Waals surface area contributed by atoms with Crippen molar-refractivity contribution in [2.75, 3.05) is 0 Å². The lowest BCUT2D eigenvalue weighted by Gasteiger charge is -1.92. The molecule has 0 unspecified atom stereocenters. The Hall–Kier alpha value is -1.29. The lowest BCUT2D eigenvalue weighted by atomic mass is 10.1. The number of rotatable bonds is 1. The molecule has 0 saturated heterocycles. The molecule has 10 heavy (non-hydrogen) atoms. The van der Waals surface area contributed by atoms with Crippen LogP contribution < -0.4 is 0 Å². The molecule has 48 valence electrons. The first-order valence-electron chi connectivity index (χ1n) is 3.06. The Morgan fingerprint density at radius 2 is 1.90 bits per heavy atom. The molecular weight excluding hydrogens is 122 g/mol. The minimum Gasteiger partial charge on any atom is -0.192 e. The summed E-state index contributed by atoms with van der Waals surface area (Å²) >= 11 is 0. The van der Waals surface area contributed by atoms with Gasteiger partial charge in [0.15, 0.2) is 0 Å². The third-order valence-corrected chi connectivity index (χ3v) is 1.32. The van der Waals surface area contributed by atoms with E-state index in [1.807, 2.05) is 18.2 Å². The third-order valence-electron chi connectivity index (χ3n) is 1.32. The highest BCUT2D eigenvalue weighted by atomic mass is 14.2. The third kappa shape index (κ3) is 1.35. The summed E-state index contributed by atoms with van der Waals surface area (Å²) in [4.78, 5) is 0. The topological polar surface area (TPSA) is 23.8 Å². The van der Waals surface area contributed by atoms with Crippen LogP contribution in [0.1, 0.15) is 11.1 Å². The summed E-state index contributed by atoms with van der Waals surface area (Å²) in [5.74, 6) is 0. The Morgan fingerprint density at radius 1 is 1.30 bits per heavy atom. The summed E-state index contributed by atoms with van der Waals surface area (Å²) in [6.07, 6.45) is 0.533. The molecule has 1 aromatic carbocycles. The fraction of sp³-hybridized carbons (Fsp3) is 0.111. The van der Waals surface area contributed by atoms with Crippen LogP contribution in [-0.2, 0) is 6.42 Å². The Morgan fingerprint density at radius 3 is 2.30 bits per heavy atom. The predicted molar refractivity (Wildman–Crippen MR) is 39.2 cm³/mol. The molecule has 0 spiro atoms. The zero-order valence-corrected chi connectivity index (χ0v) is 5.54. The molecule has 1 heteroatoms. The van der Waals surface area contributed by atoms with Crippen molar-refractivity contribution in [2.24, 2.45) is 0 Å². The molecular formula is C9H7N. The second-order valence-corrected chi connectivity index (χ2v) is 2.01. The first-order chi connectivity index (χ1) is 4.86. The van der Waals surface area contributed by atoms with Crippen molar-refractivity contribution in [2.45, 2.75) is 6.42 Å². The van der Waals surface area contributed by atoms with Crippen molar-refractivity contribution in [1.82, 2.24) is 0 Å². The molecule has 2 radical (unpaired) electrons. The van der Waals surface area contributed by atoms with Gasteiger partial charge in [-0.25, -0.2) is 0 Å². The van der Waals surface area contributed by atoms with E-state index in [-0.39, 0.29) is 0 Å². The maximum Gasteiger partial charge on any atom is 0.0991 e. The van der Waals surface area contributed by atoms with Crippen molar-refractivity contribution in [3.05, 3.63) is 42.3 Å². The van der Waals surface area contributed by atoms with Gasteiger partial charge in [0, 0.05) is 0 Å². The first kappa shape index (κ1) is 6.82. The fourth-order valence-corrected chi connectivity index (χ4v) is 0.715. The van der Waals surface area contributed by atoms with Crippen LogP contribution in [0, 0.1) is 18.3 Å². The van der Waals surface area contributed by atoms with Gasteiger partial charge in [0.05, 0.1) is 11.6 Å². The zero-order chi connectivity index (χ0) is 7.40. The molecule has 0 aromatic heterocycles. The number of hydrogen-bond acceptors (Lipinski definition) is 1. The average Bonchev–Trinajstić information content (AvgIpc) is 2.05. The van der Waals surface area contributed by atoms with Crippen LogP contribution in [0.3, 0.4) is 0 Å². The molecule has 0 aliphatic carbocycles. The summed E-state index contributed by atoms with van der Waals surface area (Å²) in [5, 5.41) is 8.42. The van der Waals surface area contributed by atoms with E-state index in [0.29, 0.717) is 12.0 Å². The monoisotopic (exact) mass is 129 g/mol. The normalized spacial score (nSPS) is 8.80. The summed E-state index contributed by atoms with van der Waals surface area (Å²) < 4.78 is 0. The van der Waals surface area contributed by atoms with Crippen molar-refractivity contribution in [1.29, 1.82) is 5.26 Å². The molecule has 0 N–H and O–H groups in total. The molecule has 0 fully saturated rings. The summed E-state index contributed by atoms with van der Waals surface area (Å²) in [7, 11) is 0. The van der Waals surface area contributed by atoms with Crippen molar-refractivity contribution in [3.63, 3.8) is 0 Å². The van der Waals surface area contributed by atoms with Crippen molar-refractivity contribution in [3.8, 4) is 6.07 Å². The molecule has 0 heterocycles. The number of nitrogens with zero attached hydrogens (tertiary/aromatic N) is 1. The van der Waals surface area contributed by atoms with Gasteiger partial charge in [0.1, 0.15) is 0 Å². The highest BCUT2D eigenvalue weighted by Crippen LogP contribution is 2.02. The van der Waals surface area contributed by atoms with E-state index in [9.17, 15) is 0 Å². The molecule has 0 saturated carbocycles. The minimum absolute atomic E-state index is 0.533. The van der Waals surface area contributed by atoms with Gasteiger partial charge in [-0.3, -0.25) is 0 Å². The van der Waals surface area contributed by atoms with Crippen LogP contribution in [0.2, 0.25) is 0 Å². The van der Waals surface area contributed by atoms with E-state index in [2.05, 4.69) is 0 Å². The number of benzene rings is 1. The summed E-state index contributed by atoms with van der Waals surface area (Å²) in [6.45, 7) is 5.36. The quantitative estimate of drug-likeness (QED) is 0.567. The highest BCUT2D eigenvalue weighted by molar-refractivity contribution is 5.31. The van der Waals surface area contributed by atoms with Gasteiger partial charge < -0.3 is 0 Å². The molecule has 0 bridgehead atoms. The molecule has 1 nitrogen and oxygen atoms in total. The molecule has 1 rings (SSSR count). The second kappa shape index (κ2) is 3.03. The molecule has 0 amide bonds. The maximum atomic E-state index is 8.42. The smallest absolute Gasteiger partial charge is 0.0991 e. The maximum absolute atomic E-state index is 8.42. The predicted octanol–water partition coefficient (Wildman–Crippen LogP) is 1.81. The van der Waals surface area contributed by atoms with Crippen LogP contribution in [0.15, 0.2) is 24.3 Å². The van der Waals surface area contributed by atoms with Gasteiger partial charge in [0.2, 0.25) is 0 Å². The van der Waals surface area contributed by atoms with E-state index in [1.54, 1.807) is 12.1 Å². The van der Waals surface area contributed by atoms with Gasteiger partial charge in [-0.05, 0) is 31.0 Å². The van der Waals surface area contributed by atoms with E-state index in [1.165, 1.54) is 0 Å². The van der Waals surface area contributed by atoms with E-state index < -0.39 is 0 Å². The van der Waals surface area contributed by atoms with Crippen molar-refractivity contribution >= 4 is 0 Å². The Labute approximate surface area is 60.9 Å². The lowest BCUT2D eigenvalue weighted by Crippen LogP contribution is -1.79. The minimum atomic E-state index is 0.533. The summed E-state index contributed by atoms with van der Waals surface area (Å²) in [6, 6.07) is 9.29. The largest absolute Gasteiger partial charge is 0.192 e. The molecule has 0 aliphatic heterocycles. The van der Waals surface area contributed by atoms with E-state index in [0.717, 1.165) is 5.56 Å². The zero-order valence-electron chi connectivity index (χ0n) is 5.54. The fourth-order valence-electron chi connectivity index (χ4n) is 0.715. The average molecular weight is 129 g/mol. The second-order valence-electron chi connectivity index (χ2n) is 2.01. The van der Waals surface area contributed by atoms with Crippen LogP contribution in [0.5, 0.6) is 0 Å². The highest BCUT2D eigenvalue weighted by Gasteiger charge is 1.88. The van der Waals surface area contributed by atoms with Gasteiger partial charge in [0.25, 0.3) is 0 Å². The van der Waals surface area contributed by atoms with Crippen molar-refractivity contribution < 1.29 is 0 Å². The number of hydrogen-bond donors (Lipinski definition) is 0. The SMILES string of the molecule is [CH]Cc1ccc(C#N)cc1. The molecule has 0 atom stereocenters. The molecule has 0 aliphatic rings. The first-order valence-corrected chi connectivity index (χ1v) is 3.06. The van der Waals surface area contributed by atoms with Gasteiger partial charge in [-0.1, -0.05) is 12.1 Å². The Kier molecular flexibility index (Phi) is 2.07. The van der Waals surface area contributed by atoms with E-state index in [4.69, 9.17) is 12.2 Å². The van der Waals surface area contributed by atoms with Crippen LogP contribution in [0.25, 0.3) is 0 Å². The lowest BCUT2D eigenvalue weighted by molar-refractivity contribution is 1.27. The number of nitriles is 1. The standard InChI is InChI=1S/C9H7N/c1-2-8-3-5-9(7-10)6-4-8/h1,3-6H,2H2. The van der Waals surface area contributed by atoms with E-state index >= 15 is 0 Å². The Bertz CT molecular complexity index is 240. The van der Waals surface area contributed by atoms with Crippen LogP contribution in [0.4, 0.5) is 0 Å². The van der Waals surface area contributed by atoms with Gasteiger partial charge >= 0.3 is 0 Å². The Balaban J connectivity index is 2.93. The summed E-state index contributed by atoms with van der Waals surface area (Å²) in [5.41, 5.74) is 1.73. The molecule has 1 aromatic rings. The van der Waals surface area contributed by atoms with Crippen LogP contribution >= 0.6 is 0 Å². The van der Waals surface area contributed by atoms with Crippen LogP contribution in [-0.4, -0.2) is 0 Å².